The first-order valence-corrected chi connectivity index (χ1v) is 10.0. The SMILES string of the molecule is Cc1sc2cc(C(=O)NCc3ccncc3)[nH]c2c1CN1CCCCC1. The first-order valence-electron chi connectivity index (χ1n) is 9.21. The molecule has 2 N–H and O–H groups in total. The van der Waals surface area contributed by atoms with Crippen molar-refractivity contribution in [3.8, 4) is 0 Å². The van der Waals surface area contributed by atoms with Crippen LogP contribution in [0, 0.1) is 6.92 Å². The largest absolute Gasteiger partial charge is 0.350 e. The summed E-state index contributed by atoms with van der Waals surface area (Å²) in [5.74, 6) is -0.0632. The van der Waals surface area contributed by atoms with Crippen LogP contribution in [0.1, 0.15) is 45.8 Å². The van der Waals surface area contributed by atoms with Gasteiger partial charge in [-0.1, -0.05) is 6.42 Å². The van der Waals surface area contributed by atoms with E-state index in [1.807, 2.05) is 18.2 Å². The number of aromatic nitrogens is 2. The molecule has 0 unspecified atom stereocenters. The molecule has 1 saturated heterocycles. The number of aromatic amines is 1. The molecule has 0 bridgehead atoms. The van der Waals surface area contributed by atoms with Crippen LogP contribution in [0.5, 0.6) is 0 Å². The maximum absolute atomic E-state index is 12.5. The highest BCUT2D eigenvalue weighted by molar-refractivity contribution is 7.19. The van der Waals surface area contributed by atoms with Crippen molar-refractivity contribution in [2.75, 3.05) is 13.1 Å². The fourth-order valence-electron chi connectivity index (χ4n) is 3.57. The molecule has 26 heavy (non-hydrogen) atoms. The molecule has 0 aromatic carbocycles. The average Bonchev–Trinajstić information content (AvgIpc) is 3.20. The maximum Gasteiger partial charge on any atom is 0.268 e. The molecule has 5 nitrogen and oxygen atoms in total. The summed E-state index contributed by atoms with van der Waals surface area (Å²) in [4.78, 5) is 23.8. The lowest BCUT2D eigenvalue weighted by atomic mass is 10.1. The molecule has 0 aliphatic carbocycles. The molecule has 0 saturated carbocycles. The van der Waals surface area contributed by atoms with E-state index in [0.717, 1.165) is 17.6 Å². The number of aryl methyl sites for hydroxylation is 1. The highest BCUT2D eigenvalue weighted by atomic mass is 32.1. The molecule has 0 atom stereocenters. The third-order valence-corrected chi connectivity index (χ3v) is 6.14. The monoisotopic (exact) mass is 368 g/mol. The first-order chi connectivity index (χ1) is 12.7. The van der Waals surface area contributed by atoms with E-state index in [9.17, 15) is 4.79 Å². The van der Waals surface area contributed by atoms with Gasteiger partial charge in [0.15, 0.2) is 0 Å². The number of pyridine rings is 1. The second-order valence-corrected chi connectivity index (χ2v) is 8.19. The number of rotatable bonds is 5. The van der Waals surface area contributed by atoms with Crippen LogP contribution in [-0.2, 0) is 13.1 Å². The van der Waals surface area contributed by atoms with E-state index in [1.165, 1.54) is 47.5 Å². The Kier molecular flexibility index (Phi) is 5.04. The van der Waals surface area contributed by atoms with E-state index in [4.69, 9.17) is 0 Å². The van der Waals surface area contributed by atoms with Crippen LogP contribution in [0.3, 0.4) is 0 Å². The number of fused-ring (bicyclic) bond motifs is 1. The zero-order valence-electron chi connectivity index (χ0n) is 15.0. The standard InChI is InChI=1S/C20H24N4OS/c1-14-16(13-24-9-3-2-4-10-24)19-18(26-14)11-17(23-19)20(25)22-12-15-5-7-21-8-6-15/h5-8,11,23H,2-4,9-10,12-13H2,1H3,(H,22,25). The smallest absolute Gasteiger partial charge is 0.268 e. The van der Waals surface area contributed by atoms with Gasteiger partial charge >= 0.3 is 0 Å². The molecule has 3 aromatic heterocycles. The van der Waals surface area contributed by atoms with Gasteiger partial charge in [-0.05, 0) is 56.6 Å². The van der Waals surface area contributed by atoms with Gasteiger partial charge in [0, 0.05) is 35.9 Å². The zero-order chi connectivity index (χ0) is 17.9. The minimum Gasteiger partial charge on any atom is -0.350 e. The predicted molar refractivity (Wildman–Crippen MR) is 105 cm³/mol. The topological polar surface area (TPSA) is 61.0 Å². The van der Waals surface area contributed by atoms with E-state index in [-0.39, 0.29) is 5.91 Å². The van der Waals surface area contributed by atoms with Gasteiger partial charge in [0.1, 0.15) is 5.69 Å². The number of carbonyl (C=O) groups is 1. The van der Waals surface area contributed by atoms with Crippen molar-refractivity contribution in [3.63, 3.8) is 0 Å². The third kappa shape index (κ3) is 3.66. The number of H-pyrrole nitrogens is 1. The van der Waals surface area contributed by atoms with Crippen LogP contribution in [-0.4, -0.2) is 33.9 Å². The van der Waals surface area contributed by atoms with Crippen molar-refractivity contribution in [2.24, 2.45) is 0 Å². The van der Waals surface area contributed by atoms with E-state index >= 15 is 0 Å². The molecule has 4 rings (SSSR count). The molecule has 3 aromatic rings. The highest BCUT2D eigenvalue weighted by Crippen LogP contribution is 2.32. The fraction of sp³-hybridized carbons (Fsp3) is 0.400. The van der Waals surface area contributed by atoms with Gasteiger partial charge in [0.05, 0.1) is 10.2 Å². The summed E-state index contributed by atoms with van der Waals surface area (Å²) in [6, 6.07) is 5.80. The Hall–Kier alpha value is -2.18. The first kappa shape index (κ1) is 17.2. The summed E-state index contributed by atoms with van der Waals surface area (Å²) >= 11 is 1.77. The second kappa shape index (κ2) is 7.60. The minimum absolute atomic E-state index is 0.0632. The number of hydrogen-bond donors (Lipinski definition) is 2. The van der Waals surface area contributed by atoms with E-state index in [1.54, 1.807) is 23.7 Å². The lowest BCUT2D eigenvalue weighted by molar-refractivity contribution is 0.0946. The Morgan fingerprint density at radius 1 is 1.27 bits per heavy atom. The van der Waals surface area contributed by atoms with E-state index in [2.05, 4.69) is 27.1 Å². The van der Waals surface area contributed by atoms with Gasteiger partial charge in [0.2, 0.25) is 0 Å². The third-order valence-electron chi connectivity index (χ3n) is 5.05. The Labute approximate surface area is 157 Å². The van der Waals surface area contributed by atoms with Crippen LogP contribution in [0.15, 0.2) is 30.6 Å². The molecule has 1 aliphatic heterocycles. The molecule has 6 heteroatoms. The van der Waals surface area contributed by atoms with Gasteiger partial charge in [-0.3, -0.25) is 14.7 Å². The number of amides is 1. The number of likely N-dealkylation sites (tertiary alicyclic amines) is 1. The average molecular weight is 369 g/mol. The summed E-state index contributed by atoms with van der Waals surface area (Å²) < 4.78 is 1.17. The molecule has 1 aliphatic rings. The summed E-state index contributed by atoms with van der Waals surface area (Å²) in [6.45, 7) is 6.02. The fourth-order valence-corrected chi connectivity index (χ4v) is 4.65. The summed E-state index contributed by atoms with van der Waals surface area (Å²) in [5, 5.41) is 2.98. The quantitative estimate of drug-likeness (QED) is 0.719. The Morgan fingerprint density at radius 2 is 2.04 bits per heavy atom. The van der Waals surface area contributed by atoms with Gasteiger partial charge in [-0.2, -0.15) is 0 Å². The van der Waals surface area contributed by atoms with Crippen LogP contribution in [0.4, 0.5) is 0 Å². The number of carbonyl (C=O) groups excluding carboxylic acids is 1. The summed E-state index contributed by atoms with van der Waals surface area (Å²) in [7, 11) is 0. The zero-order valence-corrected chi connectivity index (χ0v) is 15.9. The summed E-state index contributed by atoms with van der Waals surface area (Å²) in [5.41, 5.74) is 4.16. The van der Waals surface area contributed by atoms with Crippen LogP contribution in [0.2, 0.25) is 0 Å². The Bertz CT molecular complexity index is 893. The molecular formula is C20H24N4OS. The number of piperidine rings is 1. The predicted octanol–water partition coefficient (Wildman–Crippen LogP) is 3.85. The van der Waals surface area contributed by atoms with Crippen molar-refractivity contribution < 1.29 is 4.79 Å². The molecule has 0 spiro atoms. The molecule has 136 valence electrons. The second-order valence-electron chi connectivity index (χ2n) is 6.93. The van der Waals surface area contributed by atoms with Crippen LogP contribution >= 0.6 is 11.3 Å². The molecule has 1 fully saturated rings. The summed E-state index contributed by atoms with van der Waals surface area (Å²) in [6.07, 6.45) is 7.40. The molecule has 1 amide bonds. The molecule has 4 heterocycles. The van der Waals surface area contributed by atoms with Crippen molar-refractivity contribution in [3.05, 3.63) is 52.3 Å². The van der Waals surface area contributed by atoms with Gasteiger partial charge in [-0.25, -0.2) is 0 Å². The van der Waals surface area contributed by atoms with Crippen molar-refractivity contribution in [2.45, 2.75) is 39.3 Å². The van der Waals surface area contributed by atoms with Crippen LogP contribution < -0.4 is 5.32 Å². The lowest BCUT2D eigenvalue weighted by Crippen LogP contribution is -2.29. The highest BCUT2D eigenvalue weighted by Gasteiger charge is 2.19. The van der Waals surface area contributed by atoms with Crippen molar-refractivity contribution in [1.82, 2.24) is 20.2 Å². The number of thiophene rings is 1. The van der Waals surface area contributed by atoms with Gasteiger partial charge in [-0.15, -0.1) is 11.3 Å². The van der Waals surface area contributed by atoms with E-state index < -0.39 is 0 Å². The number of hydrogen-bond acceptors (Lipinski definition) is 4. The number of nitrogens with zero attached hydrogens (tertiary/aromatic N) is 2. The van der Waals surface area contributed by atoms with Crippen molar-refractivity contribution in [1.29, 1.82) is 0 Å². The van der Waals surface area contributed by atoms with Crippen LogP contribution in [0.25, 0.3) is 10.2 Å². The molecule has 0 radical (unpaired) electrons. The Morgan fingerprint density at radius 3 is 2.81 bits per heavy atom. The Balaban J connectivity index is 1.49. The lowest BCUT2D eigenvalue weighted by Gasteiger charge is -2.26. The minimum atomic E-state index is -0.0632. The van der Waals surface area contributed by atoms with Gasteiger partial charge in [0.25, 0.3) is 5.91 Å². The maximum atomic E-state index is 12.5. The van der Waals surface area contributed by atoms with E-state index in [0.29, 0.717) is 12.2 Å². The molecular weight excluding hydrogens is 344 g/mol. The van der Waals surface area contributed by atoms with Crippen molar-refractivity contribution >= 4 is 27.5 Å². The number of nitrogens with one attached hydrogen (secondary N) is 2. The normalized spacial score (nSPS) is 15.4. The van der Waals surface area contributed by atoms with Gasteiger partial charge < -0.3 is 10.3 Å².